The van der Waals surface area contributed by atoms with Crippen LogP contribution in [0.2, 0.25) is 0 Å². The summed E-state index contributed by atoms with van der Waals surface area (Å²) < 4.78 is 0. The molecule has 1 heterocycles. The summed E-state index contributed by atoms with van der Waals surface area (Å²) >= 11 is 0. The second-order valence-corrected chi connectivity index (χ2v) is 5.05. The van der Waals surface area contributed by atoms with Crippen molar-refractivity contribution in [2.24, 2.45) is 5.92 Å². The molecule has 108 valence electrons. The Hall–Kier alpha value is -2.15. The Balaban J connectivity index is 2.36. The lowest BCUT2D eigenvalue weighted by atomic mass is 9.95. The highest BCUT2D eigenvalue weighted by atomic mass is 16.6. The van der Waals surface area contributed by atoms with Crippen LogP contribution in [0.3, 0.4) is 0 Å². The predicted molar refractivity (Wildman–Crippen MR) is 72.1 cm³/mol. The van der Waals surface area contributed by atoms with Crippen LogP contribution in [0.5, 0.6) is 0 Å². The summed E-state index contributed by atoms with van der Waals surface area (Å²) in [5.41, 5.74) is -0.0102. The van der Waals surface area contributed by atoms with Crippen molar-refractivity contribution < 1.29 is 19.9 Å². The number of hydrogen-bond donors (Lipinski definition) is 2. The molecule has 0 aromatic heterocycles. The van der Waals surface area contributed by atoms with Gasteiger partial charge in [0.1, 0.15) is 5.69 Å². The van der Waals surface area contributed by atoms with E-state index in [1.165, 1.54) is 12.1 Å². The van der Waals surface area contributed by atoms with E-state index in [-0.39, 0.29) is 17.2 Å². The Morgan fingerprint density at radius 1 is 1.50 bits per heavy atom. The molecule has 1 saturated heterocycles. The standard InChI is InChI=1S/C13H16N2O5/c1-8-4-5-14(7-12(8)16)10-3-2-9(13(17)18)6-11(10)15(19)20/h2-3,6,8,12,16H,4-5,7H2,1H3,(H,17,18). The first-order valence-corrected chi connectivity index (χ1v) is 6.35. The summed E-state index contributed by atoms with van der Waals surface area (Å²) in [5.74, 6) is -1.05. The minimum absolute atomic E-state index is 0.119. The first-order chi connectivity index (χ1) is 9.40. The van der Waals surface area contributed by atoms with Gasteiger partial charge in [-0.1, -0.05) is 6.92 Å². The van der Waals surface area contributed by atoms with Gasteiger partial charge in [-0.05, 0) is 24.5 Å². The highest BCUT2D eigenvalue weighted by Crippen LogP contribution is 2.32. The minimum Gasteiger partial charge on any atom is -0.478 e. The van der Waals surface area contributed by atoms with Gasteiger partial charge in [-0.2, -0.15) is 0 Å². The zero-order valence-corrected chi connectivity index (χ0v) is 11.0. The van der Waals surface area contributed by atoms with Crippen molar-refractivity contribution in [3.63, 3.8) is 0 Å². The molecule has 0 aliphatic carbocycles. The van der Waals surface area contributed by atoms with E-state index in [2.05, 4.69) is 0 Å². The SMILES string of the molecule is CC1CCN(c2ccc(C(=O)O)cc2[N+](=O)[O-])CC1O. The zero-order chi connectivity index (χ0) is 14.9. The van der Waals surface area contributed by atoms with Gasteiger partial charge < -0.3 is 15.1 Å². The lowest BCUT2D eigenvalue weighted by molar-refractivity contribution is -0.384. The molecule has 1 aromatic rings. The molecule has 0 radical (unpaired) electrons. The Bertz CT molecular complexity index is 546. The van der Waals surface area contributed by atoms with Gasteiger partial charge in [0.05, 0.1) is 16.6 Å². The number of aliphatic hydroxyl groups is 1. The van der Waals surface area contributed by atoms with Crippen LogP contribution in [0.25, 0.3) is 0 Å². The molecule has 0 amide bonds. The van der Waals surface area contributed by atoms with Crippen molar-refractivity contribution in [1.82, 2.24) is 0 Å². The van der Waals surface area contributed by atoms with Crippen molar-refractivity contribution in [2.45, 2.75) is 19.4 Å². The number of nitrogens with zero attached hydrogens (tertiary/aromatic N) is 2. The van der Waals surface area contributed by atoms with E-state index in [0.717, 1.165) is 12.5 Å². The van der Waals surface area contributed by atoms with Gasteiger partial charge >= 0.3 is 5.97 Å². The van der Waals surface area contributed by atoms with Gasteiger partial charge in [-0.3, -0.25) is 10.1 Å². The Labute approximate surface area is 115 Å². The fraction of sp³-hybridized carbons (Fsp3) is 0.462. The number of β-amino-alcohol motifs (C(OH)–C–C–N with tert-alkyl or cyclic N) is 1. The zero-order valence-electron chi connectivity index (χ0n) is 11.0. The third-order valence-corrected chi connectivity index (χ3v) is 3.68. The first-order valence-electron chi connectivity index (χ1n) is 6.35. The van der Waals surface area contributed by atoms with Gasteiger partial charge in [0.25, 0.3) is 5.69 Å². The van der Waals surface area contributed by atoms with Crippen LogP contribution < -0.4 is 4.90 Å². The van der Waals surface area contributed by atoms with E-state index in [1.807, 2.05) is 6.92 Å². The average molecular weight is 280 g/mol. The number of carboxylic acid groups (broad SMARTS) is 1. The van der Waals surface area contributed by atoms with E-state index < -0.39 is 17.0 Å². The van der Waals surface area contributed by atoms with Crippen LogP contribution in [0.15, 0.2) is 18.2 Å². The van der Waals surface area contributed by atoms with Crippen LogP contribution in [-0.4, -0.2) is 40.3 Å². The summed E-state index contributed by atoms with van der Waals surface area (Å²) in [7, 11) is 0. The van der Waals surface area contributed by atoms with E-state index in [4.69, 9.17) is 5.11 Å². The number of anilines is 1. The number of carboxylic acids is 1. The summed E-state index contributed by atoms with van der Waals surface area (Å²) in [5, 5.41) is 29.9. The van der Waals surface area contributed by atoms with Crippen LogP contribution in [0.4, 0.5) is 11.4 Å². The predicted octanol–water partition coefficient (Wildman–Crippen LogP) is 1.50. The smallest absolute Gasteiger partial charge is 0.335 e. The summed E-state index contributed by atoms with van der Waals surface area (Å²) in [4.78, 5) is 23.1. The molecule has 20 heavy (non-hydrogen) atoms. The normalized spacial score (nSPS) is 22.6. The minimum atomic E-state index is -1.20. The third kappa shape index (κ3) is 2.72. The molecule has 2 unspecified atom stereocenters. The summed E-state index contributed by atoms with van der Waals surface area (Å²) in [6.07, 6.45) is 0.196. The lowest BCUT2D eigenvalue weighted by Crippen LogP contribution is -2.43. The summed E-state index contributed by atoms with van der Waals surface area (Å²) in [6.45, 7) is 2.85. The maximum absolute atomic E-state index is 11.1. The molecule has 2 rings (SSSR count). The molecular weight excluding hydrogens is 264 g/mol. The van der Waals surface area contributed by atoms with Crippen LogP contribution in [0, 0.1) is 16.0 Å². The molecule has 7 nitrogen and oxygen atoms in total. The van der Waals surface area contributed by atoms with E-state index in [0.29, 0.717) is 18.8 Å². The molecule has 1 aliphatic rings. The van der Waals surface area contributed by atoms with Crippen LogP contribution in [-0.2, 0) is 0 Å². The second-order valence-electron chi connectivity index (χ2n) is 5.05. The molecule has 2 N–H and O–H groups in total. The maximum atomic E-state index is 11.1. The number of aliphatic hydroxyl groups excluding tert-OH is 1. The third-order valence-electron chi connectivity index (χ3n) is 3.68. The molecule has 1 aromatic carbocycles. The molecule has 1 aliphatic heterocycles. The molecule has 2 atom stereocenters. The monoisotopic (exact) mass is 280 g/mol. The van der Waals surface area contributed by atoms with Gasteiger partial charge in [-0.15, -0.1) is 0 Å². The fourth-order valence-electron chi connectivity index (χ4n) is 2.34. The van der Waals surface area contributed by atoms with Gasteiger partial charge in [0, 0.05) is 19.2 Å². The van der Waals surface area contributed by atoms with Gasteiger partial charge in [0.15, 0.2) is 0 Å². The van der Waals surface area contributed by atoms with Crippen molar-refractivity contribution in [3.05, 3.63) is 33.9 Å². The van der Waals surface area contributed by atoms with E-state index >= 15 is 0 Å². The summed E-state index contributed by atoms with van der Waals surface area (Å²) in [6, 6.07) is 3.83. The number of piperidine rings is 1. The van der Waals surface area contributed by atoms with Crippen LogP contribution >= 0.6 is 0 Å². The lowest BCUT2D eigenvalue weighted by Gasteiger charge is -2.35. The topological polar surface area (TPSA) is 104 Å². The van der Waals surface area contributed by atoms with Crippen LogP contribution in [0.1, 0.15) is 23.7 Å². The van der Waals surface area contributed by atoms with Gasteiger partial charge in [-0.25, -0.2) is 4.79 Å². The Morgan fingerprint density at radius 3 is 2.75 bits per heavy atom. The van der Waals surface area contributed by atoms with Crippen molar-refractivity contribution in [3.8, 4) is 0 Å². The maximum Gasteiger partial charge on any atom is 0.335 e. The number of aromatic carboxylic acids is 1. The molecule has 0 saturated carbocycles. The van der Waals surface area contributed by atoms with Crippen molar-refractivity contribution in [1.29, 1.82) is 0 Å². The van der Waals surface area contributed by atoms with Crippen molar-refractivity contribution >= 4 is 17.3 Å². The van der Waals surface area contributed by atoms with Crippen molar-refractivity contribution in [2.75, 3.05) is 18.0 Å². The number of nitro benzene ring substituents is 1. The number of carbonyl (C=O) groups is 1. The van der Waals surface area contributed by atoms with Gasteiger partial charge in [0.2, 0.25) is 0 Å². The molecule has 0 bridgehead atoms. The first kappa shape index (κ1) is 14.3. The number of hydrogen-bond acceptors (Lipinski definition) is 5. The highest BCUT2D eigenvalue weighted by molar-refractivity contribution is 5.89. The van der Waals surface area contributed by atoms with E-state index in [9.17, 15) is 20.0 Å². The quantitative estimate of drug-likeness (QED) is 0.642. The molecule has 1 fully saturated rings. The van der Waals surface area contributed by atoms with E-state index in [1.54, 1.807) is 4.90 Å². The largest absolute Gasteiger partial charge is 0.478 e. The number of rotatable bonds is 3. The highest BCUT2D eigenvalue weighted by Gasteiger charge is 2.29. The fourth-order valence-corrected chi connectivity index (χ4v) is 2.34. The second kappa shape index (κ2) is 5.46. The molecular formula is C13H16N2O5. The molecule has 7 heteroatoms. The number of nitro groups is 1. The Morgan fingerprint density at radius 2 is 2.20 bits per heavy atom. The molecule has 0 spiro atoms. The average Bonchev–Trinajstić information content (AvgIpc) is 2.41. The number of benzene rings is 1. The Kier molecular flexibility index (Phi) is 3.89.